The number of benzene rings is 5. The van der Waals surface area contributed by atoms with Gasteiger partial charge < -0.3 is 4.90 Å². The zero-order chi connectivity index (χ0) is 19.5. The van der Waals surface area contributed by atoms with E-state index < -0.39 is 0 Å². The van der Waals surface area contributed by atoms with Crippen molar-refractivity contribution in [1.82, 2.24) is 0 Å². The van der Waals surface area contributed by atoms with Crippen LogP contribution >= 0.6 is 0 Å². The summed E-state index contributed by atoms with van der Waals surface area (Å²) < 4.78 is 0. The molecule has 0 N–H and O–H groups in total. The quantitative estimate of drug-likeness (QED) is 0.309. The standard InChI is InChI=1S/C28H21N/c1-3-12-22(13-4-1)25-19-9-10-20-27(25)29(24-16-5-2-6-17-24)28-21-11-15-23-14-7-8-18-26(23)28/h1-21H. The van der Waals surface area contributed by atoms with Gasteiger partial charge in [-0.05, 0) is 35.2 Å². The predicted molar refractivity (Wildman–Crippen MR) is 124 cm³/mol. The minimum absolute atomic E-state index is 1.15. The van der Waals surface area contributed by atoms with Gasteiger partial charge in [0.05, 0.1) is 11.4 Å². The lowest BCUT2D eigenvalue weighted by Crippen LogP contribution is -2.11. The molecular weight excluding hydrogens is 350 g/mol. The summed E-state index contributed by atoms with van der Waals surface area (Å²) in [5.74, 6) is 0. The molecule has 0 atom stereocenters. The zero-order valence-electron chi connectivity index (χ0n) is 16.1. The molecule has 0 saturated heterocycles. The molecular formula is C28H21N. The van der Waals surface area contributed by atoms with E-state index in [1.807, 2.05) is 0 Å². The van der Waals surface area contributed by atoms with Gasteiger partial charge in [0, 0.05) is 16.6 Å². The summed E-state index contributed by atoms with van der Waals surface area (Å²) >= 11 is 0. The van der Waals surface area contributed by atoms with E-state index >= 15 is 0 Å². The lowest BCUT2D eigenvalue weighted by Gasteiger charge is -2.29. The number of fused-ring (bicyclic) bond motifs is 1. The van der Waals surface area contributed by atoms with Crippen LogP contribution in [-0.4, -0.2) is 0 Å². The Kier molecular flexibility index (Phi) is 4.56. The van der Waals surface area contributed by atoms with Crippen LogP contribution in [0.15, 0.2) is 127 Å². The minimum atomic E-state index is 1.15. The lowest BCUT2D eigenvalue weighted by molar-refractivity contribution is 1.30. The molecule has 0 radical (unpaired) electrons. The number of anilines is 3. The van der Waals surface area contributed by atoms with E-state index in [4.69, 9.17) is 0 Å². The molecule has 1 nitrogen and oxygen atoms in total. The fourth-order valence-electron chi connectivity index (χ4n) is 3.92. The van der Waals surface area contributed by atoms with Crippen LogP contribution in [0.2, 0.25) is 0 Å². The smallest absolute Gasteiger partial charge is 0.0540 e. The summed E-state index contributed by atoms with van der Waals surface area (Å²) in [5.41, 5.74) is 5.92. The fourth-order valence-corrected chi connectivity index (χ4v) is 3.92. The van der Waals surface area contributed by atoms with E-state index in [-0.39, 0.29) is 0 Å². The summed E-state index contributed by atoms with van der Waals surface area (Å²) in [5, 5.41) is 2.48. The number of para-hydroxylation sites is 2. The van der Waals surface area contributed by atoms with E-state index in [9.17, 15) is 0 Å². The highest BCUT2D eigenvalue weighted by Gasteiger charge is 2.18. The van der Waals surface area contributed by atoms with Crippen molar-refractivity contribution in [3.8, 4) is 11.1 Å². The maximum atomic E-state index is 2.37. The van der Waals surface area contributed by atoms with Crippen molar-refractivity contribution < 1.29 is 0 Å². The molecule has 5 rings (SSSR count). The average Bonchev–Trinajstić information content (AvgIpc) is 2.81. The molecule has 0 aliphatic carbocycles. The molecule has 5 aromatic carbocycles. The van der Waals surface area contributed by atoms with Crippen LogP contribution < -0.4 is 4.90 Å². The van der Waals surface area contributed by atoms with Gasteiger partial charge in [0.2, 0.25) is 0 Å². The molecule has 0 aliphatic rings. The molecule has 29 heavy (non-hydrogen) atoms. The Bertz CT molecular complexity index is 1240. The normalized spacial score (nSPS) is 10.8. The van der Waals surface area contributed by atoms with Gasteiger partial charge in [-0.1, -0.05) is 103 Å². The molecule has 0 fully saturated rings. The van der Waals surface area contributed by atoms with Gasteiger partial charge in [-0.25, -0.2) is 0 Å². The first-order valence-electron chi connectivity index (χ1n) is 9.89. The average molecular weight is 371 g/mol. The first kappa shape index (κ1) is 17.3. The third kappa shape index (κ3) is 3.28. The largest absolute Gasteiger partial charge is 0.309 e. The van der Waals surface area contributed by atoms with E-state index in [1.165, 1.54) is 33.3 Å². The molecule has 0 saturated carbocycles. The first-order chi connectivity index (χ1) is 14.4. The summed E-state index contributed by atoms with van der Waals surface area (Å²) in [6, 6.07) is 44.9. The number of hydrogen-bond acceptors (Lipinski definition) is 1. The van der Waals surface area contributed by atoms with Crippen LogP contribution in [0.25, 0.3) is 21.9 Å². The topological polar surface area (TPSA) is 3.24 Å². The van der Waals surface area contributed by atoms with Crippen molar-refractivity contribution in [1.29, 1.82) is 0 Å². The third-order valence-electron chi connectivity index (χ3n) is 5.25. The zero-order valence-corrected chi connectivity index (χ0v) is 16.1. The number of rotatable bonds is 4. The first-order valence-corrected chi connectivity index (χ1v) is 9.89. The van der Waals surface area contributed by atoms with E-state index in [2.05, 4.69) is 132 Å². The molecule has 0 spiro atoms. The second-order valence-electron chi connectivity index (χ2n) is 7.05. The summed E-state index contributed by atoms with van der Waals surface area (Å²) in [7, 11) is 0. The molecule has 138 valence electrons. The highest BCUT2D eigenvalue weighted by Crippen LogP contribution is 2.42. The minimum Gasteiger partial charge on any atom is -0.309 e. The van der Waals surface area contributed by atoms with Gasteiger partial charge >= 0.3 is 0 Å². The number of nitrogens with zero attached hydrogens (tertiary/aromatic N) is 1. The second-order valence-corrected chi connectivity index (χ2v) is 7.05. The molecule has 0 unspecified atom stereocenters. The van der Waals surface area contributed by atoms with Gasteiger partial charge in [0.1, 0.15) is 0 Å². The highest BCUT2D eigenvalue weighted by molar-refractivity contribution is 6.00. The van der Waals surface area contributed by atoms with Crippen molar-refractivity contribution >= 4 is 27.8 Å². The van der Waals surface area contributed by atoms with Crippen LogP contribution in [0.5, 0.6) is 0 Å². The number of hydrogen-bond donors (Lipinski definition) is 0. The molecule has 0 aromatic heterocycles. The van der Waals surface area contributed by atoms with E-state index in [0.29, 0.717) is 0 Å². The Balaban J connectivity index is 1.80. The van der Waals surface area contributed by atoms with E-state index in [1.54, 1.807) is 0 Å². The van der Waals surface area contributed by atoms with Gasteiger partial charge in [-0.3, -0.25) is 0 Å². The Hall–Kier alpha value is -3.84. The van der Waals surface area contributed by atoms with Crippen molar-refractivity contribution in [2.24, 2.45) is 0 Å². The SMILES string of the molecule is c1ccc(-c2ccccc2N(c2ccccc2)c2cccc3ccccc23)cc1. The summed E-state index contributed by atoms with van der Waals surface area (Å²) in [6.45, 7) is 0. The highest BCUT2D eigenvalue weighted by atomic mass is 15.1. The van der Waals surface area contributed by atoms with Gasteiger partial charge in [-0.2, -0.15) is 0 Å². The van der Waals surface area contributed by atoms with Gasteiger partial charge in [0.25, 0.3) is 0 Å². The Morgan fingerprint density at radius 1 is 0.414 bits per heavy atom. The Labute approximate surface area is 171 Å². The summed E-state index contributed by atoms with van der Waals surface area (Å²) in [6.07, 6.45) is 0. The van der Waals surface area contributed by atoms with Crippen molar-refractivity contribution in [2.45, 2.75) is 0 Å². The van der Waals surface area contributed by atoms with Crippen molar-refractivity contribution in [3.05, 3.63) is 127 Å². The fraction of sp³-hybridized carbons (Fsp3) is 0. The maximum absolute atomic E-state index is 2.37. The van der Waals surface area contributed by atoms with Crippen LogP contribution in [0.4, 0.5) is 17.1 Å². The van der Waals surface area contributed by atoms with Gasteiger partial charge in [-0.15, -0.1) is 0 Å². The third-order valence-corrected chi connectivity index (χ3v) is 5.25. The van der Waals surface area contributed by atoms with Crippen LogP contribution in [0.1, 0.15) is 0 Å². The Morgan fingerprint density at radius 3 is 1.83 bits per heavy atom. The Morgan fingerprint density at radius 2 is 1.00 bits per heavy atom. The molecule has 0 aliphatic heterocycles. The lowest BCUT2D eigenvalue weighted by atomic mass is 10.0. The van der Waals surface area contributed by atoms with Crippen molar-refractivity contribution in [2.75, 3.05) is 4.90 Å². The van der Waals surface area contributed by atoms with Crippen molar-refractivity contribution in [3.63, 3.8) is 0 Å². The predicted octanol–water partition coefficient (Wildman–Crippen LogP) is 7.98. The summed E-state index contributed by atoms with van der Waals surface area (Å²) in [4.78, 5) is 2.37. The molecule has 5 aromatic rings. The maximum Gasteiger partial charge on any atom is 0.0540 e. The van der Waals surface area contributed by atoms with E-state index in [0.717, 1.165) is 5.69 Å². The van der Waals surface area contributed by atoms with Crippen LogP contribution in [0.3, 0.4) is 0 Å². The molecule has 0 bridgehead atoms. The molecule has 1 heteroatoms. The molecule has 0 amide bonds. The van der Waals surface area contributed by atoms with Crippen LogP contribution in [0, 0.1) is 0 Å². The monoisotopic (exact) mass is 371 g/mol. The van der Waals surface area contributed by atoms with Crippen LogP contribution in [-0.2, 0) is 0 Å². The van der Waals surface area contributed by atoms with Gasteiger partial charge in [0.15, 0.2) is 0 Å². The second kappa shape index (κ2) is 7.65. The molecule has 0 heterocycles.